The second-order valence-corrected chi connectivity index (χ2v) is 18.5. The number of rotatable bonds is 8. The van der Waals surface area contributed by atoms with Gasteiger partial charge in [0.2, 0.25) is 0 Å². The molecule has 0 aromatic heterocycles. The van der Waals surface area contributed by atoms with Crippen molar-refractivity contribution in [3.63, 3.8) is 0 Å². The summed E-state index contributed by atoms with van der Waals surface area (Å²) in [5.74, 6) is 11.1. The van der Waals surface area contributed by atoms with Crippen LogP contribution in [-0.2, 0) is 0 Å². The van der Waals surface area contributed by atoms with E-state index in [-0.39, 0.29) is 0 Å². The summed E-state index contributed by atoms with van der Waals surface area (Å²) in [4.78, 5) is 0. The summed E-state index contributed by atoms with van der Waals surface area (Å²) in [5.41, 5.74) is 6.88. The van der Waals surface area contributed by atoms with Crippen LogP contribution in [0.1, 0.15) is 38.5 Å². The predicted molar refractivity (Wildman–Crippen MR) is 171 cm³/mol. The Balaban J connectivity index is 0.000000558. The van der Waals surface area contributed by atoms with E-state index in [2.05, 4.69) is 116 Å². The summed E-state index contributed by atoms with van der Waals surface area (Å²) in [5, 5.41) is 2.81. The van der Waals surface area contributed by atoms with Gasteiger partial charge in [0.1, 0.15) is 0 Å². The first kappa shape index (κ1) is 34.4. The lowest BCUT2D eigenvalue weighted by Crippen LogP contribution is -2.39. The zero-order chi connectivity index (χ0) is 27.1. The van der Waals surface area contributed by atoms with Crippen molar-refractivity contribution in [1.82, 2.24) is 0 Å². The van der Waals surface area contributed by atoms with Gasteiger partial charge in [-0.15, -0.1) is 70.1 Å². The molecule has 0 saturated carbocycles. The normalized spacial score (nSPS) is 10.1. The number of alkyl halides is 3. The van der Waals surface area contributed by atoms with Gasteiger partial charge < -0.3 is 0 Å². The average Bonchev–Trinajstić information content (AvgIpc) is 2.90. The van der Waals surface area contributed by atoms with Gasteiger partial charge in [-0.3, -0.25) is 0 Å². The fourth-order valence-corrected chi connectivity index (χ4v) is 6.78. The summed E-state index contributed by atoms with van der Waals surface area (Å²) in [7, 11) is -3.07. The largest absolute Gasteiger partial charge is 0.162 e. The Bertz CT molecular complexity index is 899. The van der Waals surface area contributed by atoms with Crippen LogP contribution in [0.4, 0.5) is 0 Å². The Labute approximate surface area is 238 Å². The highest BCUT2D eigenvalue weighted by Gasteiger charge is 2.20. The molecule has 0 aliphatic rings. The molecule has 0 spiro atoms. The molecule has 0 aliphatic carbocycles. The van der Waals surface area contributed by atoms with Gasteiger partial charge in [-0.05, 0) is 29.6 Å². The molecule has 0 atom stereocenters. The maximum atomic E-state index is 5.61. The molecule has 194 valence electrons. The second kappa shape index (κ2) is 21.5. The number of hydrogen-bond acceptors (Lipinski definition) is 0. The third-order valence-corrected chi connectivity index (χ3v) is 11.1. The fraction of sp³-hybridized carbons (Fsp3) is 0.419. The van der Waals surface area contributed by atoms with E-state index >= 15 is 0 Å². The van der Waals surface area contributed by atoms with Gasteiger partial charge in [-0.25, -0.2) is 0 Å². The zero-order valence-corrected chi connectivity index (χ0v) is 26.6. The summed E-state index contributed by atoms with van der Waals surface area (Å²) >= 11 is 16.5. The predicted octanol–water partition coefficient (Wildman–Crippen LogP) is 7.97. The number of halogens is 3. The van der Waals surface area contributed by atoms with Crippen molar-refractivity contribution in [3.8, 4) is 35.3 Å². The first-order valence-corrected chi connectivity index (χ1v) is 20.1. The van der Waals surface area contributed by atoms with Crippen molar-refractivity contribution >= 4 is 61.3 Å². The molecule has 5 heteroatoms. The molecule has 2 aromatic carbocycles. The second-order valence-electron chi connectivity index (χ2n) is 9.17. The lowest BCUT2D eigenvalue weighted by Gasteiger charge is -2.14. The number of terminal acetylenes is 1. The molecule has 0 saturated heterocycles. The summed E-state index contributed by atoms with van der Waals surface area (Å²) in [6.07, 6.45) is 10.5. The molecule has 0 fully saturated rings. The molecular weight excluding hydrogens is 535 g/mol. The van der Waals surface area contributed by atoms with Gasteiger partial charge in [-0.1, -0.05) is 86.9 Å². The van der Waals surface area contributed by atoms with Crippen LogP contribution in [0, 0.1) is 35.3 Å². The van der Waals surface area contributed by atoms with E-state index in [1.807, 2.05) is 0 Å². The van der Waals surface area contributed by atoms with Crippen molar-refractivity contribution in [3.05, 3.63) is 60.7 Å². The molecule has 0 radical (unpaired) electrons. The molecule has 2 rings (SSSR count). The Morgan fingerprint density at radius 1 is 0.583 bits per heavy atom. The highest BCUT2D eigenvalue weighted by Crippen LogP contribution is 2.03. The molecule has 0 amide bonds. The molecular formula is C31H41Cl3Si2. The third-order valence-electron chi connectivity index (χ3n) is 5.12. The molecule has 0 bridgehead atoms. The Morgan fingerprint density at radius 3 is 1.19 bits per heavy atom. The molecule has 0 nitrogen and oxygen atoms in total. The Hall–Kier alpha value is -1.58. The molecule has 0 N–H and O–H groups in total. The molecule has 0 unspecified atom stereocenters. The molecule has 0 heterocycles. The topological polar surface area (TPSA) is 0 Å². The van der Waals surface area contributed by atoms with E-state index in [9.17, 15) is 0 Å². The highest BCUT2D eigenvalue weighted by atomic mass is 35.5. The van der Waals surface area contributed by atoms with Crippen LogP contribution < -0.4 is 10.4 Å². The van der Waals surface area contributed by atoms with Crippen molar-refractivity contribution in [2.24, 2.45) is 0 Å². The van der Waals surface area contributed by atoms with Crippen molar-refractivity contribution in [1.29, 1.82) is 0 Å². The van der Waals surface area contributed by atoms with Crippen LogP contribution in [0.5, 0.6) is 0 Å². The molecule has 36 heavy (non-hydrogen) atoms. The van der Waals surface area contributed by atoms with Gasteiger partial charge in [0.15, 0.2) is 16.1 Å². The number of unbranched alkanes of at least 4 members (excludes halogenated alkanes) is 3. The van der Waals surface area contributed by atoms with Gasteiger partial charge in [-0.2, -0.15) is 0 Å². The van der Waals surface area contributed by atoms with Crippen molar-refractivity contribution < 1.29 is 0 Å². The minimum absolute atomic E-state index is 0.685. The maximum absolute atomic E-state index is 5.61. The van der Waals surface area contributed by atoms with Gasteiger partial charge >= 0.3 is 0 Å². The van der Waals surface area contributed by atoms with Crippen molar-refractivity contribution in [2.45, 2.75) is 64.7 Å². The van der Waals surface area contributed by atoms with Crippen LogP contribution in [0.25, 0.3) is 0 Å². The van der Waals surface area contributed by atoms with Crippen LogP contribution >= 0.6 is 34.8 Å². The Kier molecular flexibility index (Phi) is 20.6. The van der Waals surface area contributed by atoms with E-state index < -0.39 is 16.1 Å². The molecule has 2 aromatic rings. The number of hydrogen-bond donors (Lipinski definition) is 0. The monoisotopic (exact) mass is 574 g/mol. The quantitative estimate of drug-likeness (QED) is 0.130. The summed E-state index contributed by atoms with van der Waals surface area (Å²) in [6, 6.07) is 21.2. The highest BCUT2D eigenvalue weighted by molar-refractivity contribution is 6.96. The summed E-state index contributed by atoms with van der Waals surface area (Å²) in [6.45, 7) is 9.15. The van der Waals surface area contributed by atoms with Gasteiger partial charge in [0, 0.05) is 36.9 Å². The van der Waals surface area contributed by atoms with E-state index in [1.165, 1.54) is 10.4 Å². The maximum Gasteiger partial charge on any atom is 0.162 e. The van der Waals surface area contributed by atoms with E-state index in [1.54, 1.807) is 0 Å². The third kappa shape index (κ3) is 17.0. The van der Waals surface area contributed by atoms with Gasteiger partial charge in [0.05, 0.1) is 0 Å². The van der Waals surface area contributed by atoms with Crippen molar-refractivity contribution in [2.75, 3.05) is 17.6 Å². The lowest BCUT2D eigenvalue weighted by atomic mass is 10.4. The van der Waals surface area contributed by atoms with Crippen LogP contribution in [0.2, 0.25) is 26.2 Å². The average molecular weight is 576 g/mol. The van der Waals surface area contributed by atoms with E-state index in [0.717, 1.165) is 38.5 Å². The lowest BCUT2D eigenvalue weighted by molar-refractivity contribution is 0.992. The first-order chi connectivity index (χ1) is 17.2. The Morgan fingerprint density at radius 2 is 0.917 bits per heavy atom. The minimum Gasteiger partial charge on any atom is -0.127 e. The fourth-order valence-electron chi connectivity index (χ4n) is 2.90. The van der Waals surface area contributed by atoms with Crippen LogP contribution in [0.15, 0.2) is 60.7 Å². The summed E-state index contributed by atoms with van der Waals surface area (Å²) < 4.78 is 0. The van der Waals surface area contributed by atoms with Crippen LogP contribution in [-0.4, -0.2) is 33.8 Å². The smallest absolute Gasteiger partial charge is 0.127 e. The zero-order valence-electron chi connectivity index (χ0n) is 22.3. The van der Waals surface area contributed by atoms with E-state index in [0.29, 0.717) is 17.6 Å². The number of benzene rings is 2. The minimum atomic E-state index is -1.53. The first-order valence-electron chi connectivity index (χ1n) is 12.5. The SMILES string of the molecule is C#CCCCCl.C[Si](C)(C#CCCCCl)c1ccccc1.C[Si](C)(C#CCCCCl)c1ccccc1. The van der Waals surface area contributed by atoms with Gasteiger partial charge in [0.25, 0.3) is 0 Å². The molecule has 0 aliphatic heterocycles. The van der Waals surface area contributed by atoms with E-state index in [4.69, 9.17) is 41.2 Å². The van der Waals surface area contributed by atoms with Crippen LogP contribution in [0.3, 0.4) is 0 Å². The standard InChI is InChI=1S/2C13H17ClSi.C5H7Cl/c2*1-15(2,12-8-4-7-11-14)13-9-5-3-6-10-13;1-2-3-4-5-6/h2*3,5-6,9-10H,4,7,11H2,1-2H3;1H,3-5H2.